The molecule has 5 nitrogen and oxygen atoms in total. The SMILES string of the molecule is CC(C)N(C)Cc1ccccc1CNC(=O)N[C@H]1COc2ccccc21. The number of rotatable bonds is 6. The predicted octanol–water partition coefficient (Wildman–Crippen LogP) is 3.46. The van der Waals surface area contributed by atoms with Crippen LogP contribution in [0, 0.1) is 0 Å². The molecule has 1 heterocycles. The van der Waals surface area contributed by atoms with Crippen molar-refractivity contribution in [3.8, 4) is 5.75 Å². The smallest absolute Gasteiger partial charge is 0.315 e. The van der Waals surface area contributed by atoms with Gasteiger partial charge in [-0.1, -0.05) is 42.5 Å². The number of hydrogen-bond acceptors (Lipinski definition) is 3. The Balaban J connectivity index is 1.57. The monoisotopic (exact) mass is 353 g/mol. The van der Waals surface area contributed by atoms with Gasteiger partial charge in [0.25, 0.3) is 0 Å². The number of fused-ring (bicyclic) bond motifs is 1. The van der Waals surface area contributed by atoms with Crippen LogP contribution in [0.2, 0.25) is 0 Å². The standard InChI is InChI=1S/C21H27N3O2/c1-15(2)24(3)13-17-9-5-4-8-16(17)12-22-21(25)23-19-14-26-20-11-7-6-10-18(19)20/h4-11,15,19H,12-14H2,1-3H3,(H2,22,23,25)/t19-/m0/s1. The van der Waals surface area contributed by atoms with Crippen LogP contribution < -0.4 is 15.4 Å². The summed E-state index contributed by atoms with van der Waals surface area (Å²) in [5.74, 6) is 0.847. The highest BCUT2D eigenvalue weighted by Gasteiger charge is 2.24. The van der Waals surface area contributed by atoms with Crippen LogP contribution in [0.3, 0.4) is 0 Å². The lowest BCUT2D eigenvalue weighted by Crippen LogP contribution is -2.38. The normalized spacial score (nSPS) is 15.7. The molecule has 1 atom stereocenters. The second kappa shape index (κ2) is 8.23. The first kappa shape index (κ1) is 18.3. The molecule has 2 aromatic rings. The number of urea groups is 1. The van der Waals surface area contributed by atoms with Gasteiger partial charge in [-0.05, 0) is 38.1 Å². The number of carbonyl (C=O) groups is 1. The van der Waals surface area contributed by atoms with Crippen molar-refractivity contribution in [2.75, 3.05) is 13.7 Å². The largest absolute Gasteiger partial charge is 0.491 e. The molecular formula is C21H27N3O2. The molecule has 0 unspecified atom stereocenters. The van der Waals surface area contributed by atoms with Gasteiger partial charge in [0.15, 0.2) is 0 Å². The van der Waals surface area contributed by atoms with Gasteiger partial charge in [-0.15, -0.1) is 0 Å². The highest BCUT2D eigenvalue weighted by molar-refractivity contribution is 5.74. The third-order valence-electron chi connectivity index (χ3n) is 4.86. The number of hydrogen-bond donors (Lipinski definition) is 2. The van der Waals surface area contributed by atoms with E-state index in [1.807, 2.05) is 36.4 Å². The molecule has 0 saturated carbocycles. The van der Waals surface area contributed by atoms with Gasteiger partial charge < -0.3 is 15.4 Å². The highest BCUT2D eigenvalue weighted by Crippen LogP contribution is 2.31. The quantitative estimate of drug-likeness (QED) is 0.836. The van der Waals surface area contributed by atoms with Gasteiger partial charge in [0.1, 0.15) is 12.4 Å². The second-order valence-electron chi connectivity index (χ2n) is 7.01. The molecule has 0 saturated heterocycles. The number of amides is 2. The predicted molar refractivity (Wildman–Crippen MR) is 103 cm³/mol. The van der Waals surface area contributed by atoms with Crippen molar-refractivity contribution in [2.45, 2.75) is 39.0 Å². The number of para-hydroxylation sites is 1. The van der Waals surface area contributed by atoms with Gasteiger partial charge in [-0.2, -0.15) is 0 Å². The summed E-state index contributed by atoms with van der Waals surface area (Å²) in [6.07, 6.45) is 0. The van der Waals surface area contributed by atoms with Gasteiger partial charge in [0, 0.05) is 24.7 Å². The zero-order valence-corrected chi connectivity index (χ0v) is 15.7. The number of ether oxygens (including phenoxy) is 1. The third-order valence-corrected chi connectivity index (χ3v) is 4.86. The fourth-order valence-corrected chi connectivity index (χ4v) is 3.00. The van der Waals surface area contributed by atoms with Crippen LogP contribution >= 0.6 is 0 Å². The molecule has 0 bridgehead atoms. The van der Waals surface area contributed by atoms with Crippen LogP contribution in [-0.2, 0) is 13.1 Å². The lowest BCUT2D eigenvalue weighted by Gasteiger charge is -2.22. The summed E-state index contributed by atoms with van der Waals surface area (Å²) >= 11 is 0. The van der Waals surface area contributed by atoms with Crippen LogP contribution in [0.4, 0.5) is 4.79 Å². The number of nitrogens with one attached hydrogen (secondary N) is 2. The van der Waals surface area contributed by atoms with E-state index in [4.69, 9.17) is 4.74 Å². The number of benzene rings is 2. The van der Waals surface area contributed by atoms with Crippen LogP contribution in [0.15, 0.2) is 48.5 Å². The van der Waals surface area contributed by atoms with Gasteiger partial charge in [0.05, 0.1) is 6.04 Å². The summed E-state index contributed by atoms with van der Waals surface area (Å²) in [6, 6.07) is 16.2. The van der Waals surface area contributed by atoms with Gasteiger partial charge >= 0.3 is 6.03 Å². The van der Waals surface area contributed by atoms with Crippen molar-refractivity contribution in [2.24, 2.45) is 0 Å². The maximum absolute atomic E-state index is 12.3. The molecule has 3 rings (SSSR count). The van der Waals surface area contributed by atoms with Crippen LogP contribution in [0.1, 0.15) is 36.6 Å². The molecule has 2 amide bonds. The molecular weight excluding hydrogens is 326 g/mol. The van der Waals surface area contributed by atoms with E-state index in [1.54, 1.807) is 0 Å². The molecule has 2 aromatic carbocycles. The summed E-state index contributed by atoms with van der Waals surface area (Å²) in [7, 11) is 2.11. The van der Waals surface area contributed by atoms with E-state index >= 15 is 0 Å². The third kappa shape index (κ3) is 4.35. The minimum Gasteiger partial charge on any atom is -0.491 e. The van der Waals surface area contributed by atoms with Crippen molar-refractivity contribution in [1.82, 2.24) is 15.5 Å². The summed E-state index contributed by atoms with van der Waals surface area (Å²) in [4.78, 5) is 14.6. The Morgan fingerprint density at radius 2 is 1.85 bits per heavy atom. The summed E-state index contributed by atoms with van der Waals surface area (Å²) in [5, 5.41) is 5.97. The molecule has 0 radical (unpaired) electrons. The Morgan fingerprint density at radius 1 is 1.15 bits per heavy atom. The van der Waals surface area contributed by atoms with Gasteiger partial charge in [0.2, 0.25) is 0 Å². The van der Waals surface area contributed by atoms with E-state index in [9.17, 15) is 4.79 Å². The Bertz CT molecular complexity index is 760. The molecule has 0 aliphatic carbocycles. The molecule has 1 aliphatic rings. The van der Waals surface area contributed by atoms with Crippen LogP contribution in [0.25, 0.3) is 0 Å². The second-order valence-corrected chi connectivity index (χ2v) is 7.01. The lowest BCUT2D eigenvalue weighted by atomic mass is 10.1. The van der Waals surface area contributed by atoms with Crippen molar-refractivity contribution in [3.63, 3.8) is 0 Å². The topological polar surface area (TPSA) is 53.6 Å². The molecule has 26 heavy (non-hydrogen) atoms. The maximum Gasteiger partial charge on any atom is 0.315 e. The number of carbonyl (C=O) groups excluding carboxylic acids is 1. The highest BCUT2D eigenvalue weighted by atomic mass is 16.5. The fraction of sp³-hybridized carbons (Fsp3) is 0.381. The van der Waals surface area contributed by atoms with Gasteiger partial charge in [-0.3, -0.25) is 4.90 Å². The average Bonchev–Trinajstić information content (AvgIpc) is 3.04. The van der Waals surface area contributed by atoms with E-state index in [0.29, 0.717) is 19.2 Å². The van der Waals surface area contributed by atoms with Gasteiger partial charge in [-0.25, -0.2) is 4.79 Å². The molecule has 1 aliphatic heterocycles. The van der Waals surface area contributed by atoms with Crippen molar-refractivity contribution in [3.05, 3.63) is 65.2 Å². The summed E-state index contributed by atoms with van der Waals surface area (Å²) in [6.45, 7) is 6.19. The molecule has 0 aromatic heterocycles. The average molecular weight is 353 g/mol. The van der Waals surface area contributed by atoms with E-state index < -0.39 is 0 Å². The zero-order valence-electron chi connectivity index (χ0n) is 15.7. The van der Waals surface area contributed by atoms with E-state index in [1.165, 1.54) is 5.56 Å². The lowest BCUT2D eigenvalue weighted by molar-refractivity contribution is 0.231. The fourth-order valence-electron chi connectivity index (χ4n) is 3.00. The van der Waals surface area contributed by atoms with Crippen LogP contribution in [0.5, 0.6) is 5.75 Å². The molecule has 2 N–H and O–H groups in total. The van der Waals surface area contributed by atoms with Crippen LogP contribution in [-0.4, -0.2) is 30.6 Å². The number of nitrogens with zero attached hydrogens (tertiary/aromatic N) is 1. The Morgan fingerprint density at radius 3 is 2.62 bits per heavy atom. The molecule has 0 spiro atoms. The molecule has 138 valence electrons. The molecule has 0 fully saturated rings. The van der Waals surface area contributed by atoms with Crippen molar-refractivity contribution in [1.29, 1.82) is 0 Å². The van der Waals surface area contributed by atoms with E-state index in [0.717, 1.165) is 23.4 Å². The maximum atomic E-state index is 12.3. The Hall–Kier alpha value is -2.53. The first-order chi connectivity index (χ1) is 12.5. The minimum atomic E-state index is -0.178. The van der Waals surface area contributed by atoms with Crippen molar-refractivity contribution < 1.29 is 9.53 Å². The first-order valence-corrected chi connectivity index (χ1v) is 9.07. The first-order valence-electron chi connectivity index (χ1n) is 9.07. The minimum absolute atomic E-state index is 0.103. The van der Waals surface area contributed by atoms with E-state index in [2.05, 4.69) is 48.6 Å². The van der Waals surface area contributed by atoms with E-state index in [-0.39, 0.29) is 12.1 Å². The molecule has 5 heteroatoms. The summed E-state index contributed by atoms with van der Waals surface area (Å²) in [5.41, 5.74) is 3.40. The zero-order chi connectivity index (χ0) is 18.5. The van der Waals surface area contributed by atoms with Crippen molar-refractivity contribution >= 4 is 6.03 Å². The summed E-state index contributed by atoms with van der Waals surface area (Å²) < 4.78 is 5.61. The Kier molecular flexibility index (Phi) is 5.78. The Labute approximate surface area is 155 Å².